The molecule has 0 saturated carbocycles. The maximum atomic E-state index is 6.29. The van der Waals surface area contributed by atoms with Crippen LogP contribution >= 0.6 is 0 Å². The lowest BCUT2D eigenvalue weighted by atomic mass is 10.1. The van der Waals surface area contributed by atoms with Crippen molar-refractivity contribution < 1.29 is 0 Å². The molecule has 0 amide bonds. The average Bonchev–Trinajstić information content (AvgIpc) is 2.69. The zero-order valence-electron chi connectivity index (χ0n) is 12.0. The van der Waals surface area contributed by atoms with Crippen LogP contribution in [0.2, 0.25) is 0 Å². The molecule has 0 bridgehead atoms. The molecule has 4 nitrogen and oxygen atoms in total. The number of anilines is 1. The smallest absolute Gasteiger partial charge is 0.131 e. The fourth-order valence-corrected chi connectivity index (χ4v) is 2.31. The van der Waals surface area contributed by atoms with Crippen molar-refractivity contribution in [2.24, 2.45) is 0 Å². The lowest BCUT2D eigenvalue weighted by Gasteiger charge is -2.07. The van der Waals surface area contributed by atoms with Crippen molar-refractivity contribution in [3.63, 3.8) is 0 Å². The van der Waals surface area contributed by atoms with Crippen molar-refractivity contribution in [1.29, 1.82) is 0 Å². The summed E-state index contributed by atoms with van der Waals surface area (Å²) in [5, 5.41) is 0. The molecule has 0 aliphatic heterocycles. The molecule has 19 heavy (non-hydrogen) atoms. The highest BCUT2D eigenvalue weighted by Gasteiger charge is 2.16. The van der Waals surface area contributed by atoms with Gasteiger partial charge in [-0.15, -0.1) is 0 Å². The fourth-order valence-electron chi connectivity index (χ4n) is 2.31. The van der Waals surface area contributed by atoms with E-state index >= 15 is 0 Å². The molecule has 0 unspecified atom stereocenters. The van der Waals surface area contributed by atoms with Crippen LogP contribution in [0, 0.1) is 6.92 Å². The third-order valence-corrected chi connectivity index (χ3v) is 3.30. The van der Waals surface area contributed by atoms with Gasteiger partial charge in [0, 0.05) is 30.9 Å². The van der Waals surface area contributed by atoms with Gasteiger partial charge < -0.3 is 10.3 Å². The van der Waals surface area contributed by atoms with Crippen molar-refractivity contribution in [3.8, 4) is 11.3 Å². The van der Waals surface area contributed by atoms with E-state index in [1.54, 1.807) is 6.20 Å². The monoisotopic (exact) mass is 258 g/mol. The van der Waals surface area contributed by atoms with Crippen LogP contribution in [-0.2, 0) is 13.0 Å². The average molecular weight is 258 g/mol. The van der Waals surface area contributed by atoms with E-state index in [0.717, 1.165) is 54.3 Å². The number of rotatable bonds is 5. The van der Waals surface area contributed by atoms with Crippen molar-refractivity contribution in [1.82, 2.24) is 14.5 Å². The molecule has 2 aromatic rings. The van der Waals surface area contributed by atoms with Crippen molar-refractivity contribution in [3.05, 3.63) is 29.8 Å². The summed E-state index contributed by atoms with van der Waals surface area (Å²) in [4.78, 5) is 8.94. The Morgan fingerprint density at radius 2 is 2.05 bits per heavy atom. The first kappa shape index (κ1) is 13.6. The number of pyridine rings is 1. The van der Waals surface area contributed by atoms with E-state index in [4.69, 9.17) is 10.7 Å². The Morgan fingerprint density at radius 3 is 2.68 bits per heavy atom. The van der Waals surface area contributed by atoms with Crippen LogP contribution in [0.15, 0.2) is 18.5 Å². The molecular formula is C15H22N4. The highest BCUT2D eigenvalue weighted by atomic mass is 15.1. The molecule has 2 aromatic heterocycles. The molecule has 0 aliphatic carbocycles. The summed E-state index contributed by atoms with van der Waals surface area (Å²) in [6.45, 7) is 7.31. The first-order valence-electron chi connectivity index (χ1n) is 6.94. The number of imidazole rings is 1. The first-order valence-corrected chi connectivity index (χ1v) is 6.94. The van der Waals surface area contributed by atoms with Crippen LogP contribution in [0.1, 0.15) is 38.1 Å². The van der Waals surface area contributed by atoms with Gasteiger partial charge in [0.25, 0.3) is 0 Å². The van der Waals surface area contributed by atoms with Gasteiger partial charge in [0.1, 0.15) is 17.3 Å². The quantitative estimate of drug-likeness (QED) is 0.896. The Morgan fingerprint density at radius 1 is 1.26 bits per heavy atom. The summed E-state index contributed by atoms with van der Waals surface area (Å²) in [6, 6.07) is 1.99. The molecule has 0 saturated heterocycles. The largest absolute Gasteiger partial charge is 0.383 e. The van der Waals surface area contributed by atoms with Gasteiger partial charge in [-0.1, -0.05) is 13.8 Å². The summed E-state index contributed by atoms with van der Waals surface area (Å²) in [5.74, 6) is 1.85. The van der Waals surface area contributed by atoms with Gasteiger partial charge in [0.15, 0.2) is 0 Å². The second kappa shape index (κ2) is 5.87. The number of hydrogen-bond acceptors (Lipinski definition) is 3. The zero-order chi connectivity index (χ0) is 13.8. The van der Waals surface area contributed by atoms with Crippen LogP contribution in [0.5, 0.6) is 0 Å². The molecule has 0 radical (unpaired) electrons. The summed E-state index contributed by atoms with van der Waals surface area (Å²) in [6.07, 6.45) is 6.74. The molecule has 102 valence electrons. The lowest BCUT2D eigenvalue weighted by Crippen LogP contribution is -2.06. The van der Waals surface area contributed by atoms with Gasteiger partial charge in [-0.3, -0.25) is 4.98 Å². The molecule has 2 N–H and O–H groups in total. The molecule has 0 aromatic carbocycles. The van der Waals surface area contributed by atoms with Crippen LogP contribution in [0.4, 0.5) is 5.82 Å². The summed E-state index contributed by atoms with van der Waals surface area (Å²) in [7, 11) is 0. The number of aryl methyl sites for hydroxylation is 2. The second-order valence-electron chi connectivity index (χ2n) is 4.85. The third kappa shape index (κ3) is 2.62. The molecule has 0 fully saturated rings. The Bertz CT molecular complexity index is 557. The standard InChI is InChI=1S/C15H22N4/c1-4-6-13-18-14(15(16)19(13)9-5-2)12-10-17-8-7-11(12)3/h7-8,10H,4-6,9,16H2,1-3H3. The van der Waals surface area contributed by atoms with E-state index in [1.165, 1.54) is 0 Å². The number of nitrogens with zero attached hydrogens (tertiary/aromatic N) is 3. The van der Waals surface area contributed by atoms with Crippen LogP contribution < -0.4 is 5.73 Å². The Labute approximate surface area is 114 Å². The summed E-state index contributed by atoms with van der Waals surface area (Å²) < 4.78 is 2.14. The summed E-state index contributed by atoms with van der Waals surface area (Å²) in [5.41, 5.74) is 9.36. The van der Waals surface area contributed by atoms with Crippen LogP contribution in [-0.4, -0.2) is 14.5 Å². The molecule has 2 rings (SSSR count). The SMILES string of the molecule is CCCc1nc(-c2cnccc2C)c(N)n1CCC. The van der Waals surface area contributed by atoms with E-state index in [1.807, 2.05) is 12.3 Å². The van der Waals surface area contributed by atoms with E-state index in [-0.39, 0.29) is 0 Å². The molecule has 0 atom stereocenters. The molecule has 0 spiro atoms. The maximum absolute atomic E-state index is 6.29. The van der Waals surface area contributed by atoms with E-state index in [0.29, 0.717) is 0 Å². The highest BCUT2D eigenvalue weighted by Crippen LogP contribution is 2.28. The second-order valence-corrected chi connectivity index (χ2v) is 4.85. The Kier molecular flexibility index (Phi) is 4.20. The zero-order valence-corrected chi connectivity index (χ0v) is 12.0. The van der Waals surface area contributed by atoms with E-state index in [2.05, 4.69) is 30.3 Å². The predicted octanol–water partition coefficient (Wildman–Crippen LogP) is 3.20. The fraction of sp³-hybridized carbons (Fsp3) is 0.467. The van der Waals surface area contributed by atoms with Gasteiger partial charge >= 0.3 is 0 Å². The predicted molar refractivity (Wildman–Crippen MR) is 78.9 cm³/mol. The van der Waals surface area contributed by atoms with Crippen LogP contribution in [0.3, 0.4) is 0 Å². The van der Waals surface area contributed by atoms with Crippen LogP contribution in [0.25, 0.3) is 11.3 Å². The number of aromatic nitrogens is 3. The molecule has 2 heterocycles. The van der Waals surface area contributed by atoms with E-state index < -0.39 is 0 Å². The Balaban J connectivity index is 2.52. The normalized spacial score (nSPS) is 10.9. The van der Waals surface area contributed by atoms with Gasteiger partial charge in [-0.2, -0.15) is 0 Å². The van der Waals surface area contributed by atoms with Crippen molar-refractivity contribution >= 4 is 5.82 Å². The van der Waals surface area contributed by atoms with Gasteiger partial charge in [0.05, 0.1) is 0 Å². The van der Waals surface area contributed by atoms with E-state index in [9.17, 15) is 0 Å². The van der Waals surface area contributed by atoms with Gasteiger partial charge in [-0.25, -0.2) is 4.98 Å². The topological polar surface area (TPSA) is 56.7 Å². The van der Waals surface area contributed by atoms with Gasteiger partial charge in [-0.05, 0) is 31.4 Å². The third-order valence-electron chi connectivity index (χ3n) is 3.30. The minimum absolute atomic E-state index is 0.765. The Hall–Kier alpha value is -1.84. The molecule has 0 aliphatic rings. The number of nitrogens with two attached hydrogens (primary N) is 1. The van der Waals surface area contributed by atoms with Crippen molar-refractivity contribution in [2.45, 2.75) is 46.6 Å². The highest BCUT2D eigenvalue weighted by molar-refractivity contribution is 5.72. The number of nitrogen functional groups attached to an aromatic ring is 1. The molecule has 4 heteroatoms. The minimum atomic E-state index is 0.765. The molecular weight excluding hydrogens is 236 g/mol. The number of hydrogen-bond donors (Lipinski definition) is 1. The minimum Gasteiger partial charge on any atom is -0.383 e. The first-order chi connectivity index (χ1) is 9.19. The lowest BCUT2D eigenvalue weighted by molar-refractivity contribution is 0.637. The summed E-state index contributed by atoms with van der Waals surface area (Å²) >= 11 is 0. The van der Waals surface area contributed by atoms with Gasteiger partial charge in [0.2, 0.25) is 0 Å². The maximum Gasteiger partial charge on any atom is 0.131 e. The van der Waals surface area contributed by atoms with Crippen molar-refractivity contribution in [2.75, 3.05) is 5.73 Å².